The van der Waals surface area contributed by atoms with Crippen molar-refractivity contribution in [2.45, 2.75) is 40.0 Å². The van der Waals surface area contributed by atoms with Gasteiger partial charge in [-0.2, -0.15) is 0 Å². The molecule has 0 amide bonds. The largest absolute Gasteiger partial charge is 0.0683 e. The molecule has 0 radical (unpaired) electrons. The predicted molar refractivity (Wildman–Crippen MR) is 84.5 cm³/mol. The monoisotopic (exact) mass is 252 g/mol. The van der Waals surface area contributed by atoms with Crippen LogP contribution in [0.3, 0.4) is 0 Å². The average molecular weight is 252 g/mol. The van der Waals surface area contributed by atoms with E-state index in [4.69, 9.17) is 0 Å². The van der Waals surface area contributed by atoms with E-state index in [9.17, 15) is 0 Å². The summed E-state index contributed by atoms with van der Waals surface area (Å²) in [5.74, 6) is 0.604. The summed E-state index contributed by atoms with van der Waals surface area (Å²) in [5.41, 5.74) is 5.96. The Labute approximate surface area is 117 Å². The number of fused-ring (bicyclic) bond motifs is 3. The molecule has 0 aliphatic heterocycles. The standard InChI is InChI=1S/C17H18.C2H6/c1-12(2)17(3)15-10-6-4-8-13(15)14-9-5-7-11-16(14)17;1-2/h4-12H,1-3H3;1-2H3. The minimum absolute atomic E-state index is 0.160. The summed E-state index contributed by atoms with van der Waals surface area (Å²) in [4.78, 5) is 0. The topological polar surface area (TPSA) is 0 Å². The van der Waals surface area contributed by atoms with Gasteiger partial charge in [0.25, 0.3) is 0 Å². The van der Waals surface area contributed by atoms with E-state index in [1.54, 1.807) is 0 Å². The first-order valence-corrected chi connectivity index (χ1v) is 7.35. The molecular formula is C19H24. The SMILES string of the molecule is CC.CC(C)C1(C)c2ccccc2-c2ccccc21. The molecule has 2 aromatic rings. The van der Waals surface area contributed by atoms with Crippen LogP contribution in [0.4, 0.5) is 0 Å². The lowest BCUT2D eigenvalue weighted by atomic mass is 9.71. The minimum atomic E-state index is 0.160. The normalized spacial score (nSPS) is 14.4. The Morgan fingerprint density at radius 1 is 0.737 bits per heavy atom. The van der Waals surface area contributed by atoms with E-state index in [0.29, 0.717) is 5.92 Å². The predicted octanol–water partition coefficient (Wildman–Crippen LogP) is 5.66. The summed E-state index contributed by atoms with van der Waals surface area (Å²) in [6, 6.07) is 17.7. The lowest BCUT2D eigenvalue weighted by Gasteiger charge is -2.31. The molecule has 0 bridgehead atoms. The van der Waals surface area contributed by atoms with Crippen molar-refractivity contribution in [2.24, 2.45) is 5.92 Å². The Morgan fingerprint density at radius 3 is 1.47 bits per heavy atom. The molecule has 0 fully saturated rings. The van der Waals surface area contributed by atoms with Gasteiger partial charge in [0, 0.05) is 5.41 Å². The summed E-state index contributed by atoms with van der Waals surface area (Å²) in [5, 5.41) is 0. The van der Waals surface area contributed by atoms with Crippen molar-refractivity contribution in [3.8, 4) is 11.1 Å². The molecule has 19 heavy (non-hydrogen) atoms. The maximum Gasteiger partial charge on any atom is 0.0209 e. The fraction of sp³-hybridized carbons (Fsp3) is 0.368. The van der Waals surface area contributed by atoms with Crippen LogP contribution in [-0.4, -0.2) is 0 Å². The van der Waals surface area contributed by atoms with Crippen LogP contribution in [-0.2, 0) is 5.41 Å². The molecule has 0 spiro atoms. The van der Waals surface area contributed by atoms with Crippen LogP contribution in [0, 0.1) is 5.92 Å². The van der Waals surface area contributed by atoms with Gasteiger partial charge in [-0.1, -0.05) is 83.1 Å². The number of hydrogen-bond acceptors (Lipinski definition) is 0. The van der Waals surface area contributed by atoms with Gasteiger partial charge in [-0.05, 0) is 28.2 Å². The van der Waals surface area contributed by atoms with Crippen LogP contribution >= 0.6 is 0 Å². The van der Waals surface area contributed by atoms with Crippen molar-refractivity contribution < 1.29 is 0 Å². The van der Waals surface area contributed by atoms with Crippen LogP contribution in [0.5, 0.6) is 0 Å². The molecule has 0 nitrogen and oxygen atoms in total. The molecule has 0 atom stereocenters. The van der Waals surface area contributed by atoms with E-state index in [1.807, 2.05) is 13.8 Å². The van der Waals surface area contributed by atoms with Gasteiger partial charge in [0.05, 0.1) is 0 Å². The Balaban J connectivity index is 0.000000637. The first-order chi connectivity index (χ1) is 9.15. The summed E-state index contributed by atoms with van der Waals surface area (Å²) in [6.07, 6.45) is 0. The molecule has 1 aliphatic rings. The number of hydrogen-bond donors (Lipinski definition) is 0. The smallest absolute Gasteiger partial charge is 0.0209 e. The zero-order valence-corrected chi connectivity index (χ0v) is 12.7. The molecule has 0 heterocycles. The third kappa shape index (κ3) is 1.90. The van der Waals surface area contributed by atoms with Crippen molar-refractivity contribution in [1.29, 1.82) is 0 Å². The molecule has 0 saturated heterocycles. The summed E-state index contributed by atoms with van der Waals surface area (Å²) < 4.78 is 0. The van der Waals surface area contributed by atoms with Gasteiger partial charge in [0.2, 0.25) is 0 Å². The number of benzene rings is 2. The van der Waals surface area contributed by atoms with Gasteiger partial charge in [0.15, 0.2) is 0 Å². The highest BCUT2D eigenvalue weighted by Crippen LogP contribution is 2.51. The Bertz CT molecular complexity index is 518. The maximum atomic E-state index is 2.38. The van der Waals surface area contributed by atoms with Crippen molar-refractivity contribution in [1.82, 2.24) is 0 Å². The summed E-state index contributed by atoms with van der Waals surface area (Å²) in [6.45, 7) is 11.0. The molecule has 100 valence electrons. The van der Waals surface area contributed by atoms with Crippen LogP contribution in [0.1, 0.15) is 45.7 Å². The molecule has 0 N–H and O–H groups in total. The van der Waals surface area contributed by atoms with E-state index in [-0.39, 0.29) is 5.41 Å². The van der Waals surface area contributed by atoms with Gasteiger partial charge < -0.3 is 0 Å². The van der Waals surface area contributed by atoms with Crippen LogP contribution < -0.4 is 0 Å². The zero-order chi connectivity index (χ0) is 14.0. The minimum Gasteiger partial charge on any atom is -0.0683 e. The fourth-order valence-electron chi connectivity index (χ4n) is 3.11. The molecule has 0 aromatic heterocycles. The third-order valence-corrected chi connectivity index (χ3v) is 4.42. The molecule has 0 saturated carbocycles. The molecule has 0 unspecified atom stereocenters. The van der Waals surface area contributed by atoms with Gasteiger partial charge in [0.1, 0.15) is 0 Å². The summed E-state index contributed by atoms with van der Waals surface area (Å²) in [7, 11) is 0. The van der Waals surface area contributed by atoms with E-state index in [0.717, 1.165) is 0 Å². The Hall–Kier alpha value is -1.56. The van der Waals surface area contributed by atoms with Gasteiger partial charge in [-0.3, -0.25) is 0 Å². The second-order valence-electron chi connectivity index (χ2n) is 5.45. The van der Waals surface area contributed by atoms with E-state index in [1.165, 1.54) is 22.3 Å². The highest BCUT2D eigenvalue weighted by Gasteiger charge is 2.40. The van der Waals surface area contributed by atoms with E-state index in [2.05, 4.69) is 69.3 Å². The van der Waals surface area contributed by atoms with Gasteiger partial charge in [-0.25, -0.2) is 0 Å². The second kappa shape index (κ2) is 5.21. The second-order valence-corrected chi connectivity index (χ2v) is 5.45. The molecule has 1 aliphatic carbocycles. The summed E-state index contributed by atoms with van der Waals surface area (Å²) >= 11 is 0. The van der Waals surface area contributed by atoms with Crippen molar-refractivity contribution in [3.63, 3.8) is 0 Å². The maximum absolute atomic E-state index is 2.38. The van der Waals surface area contributed by atoms with Gasteiger partial charge >= 0.3 is 0 Å². The van der Waals surface area contributed by atoms with Crippen molar-refractivity contribution >= 4 is 0 Å². The highest BCUT2D eigenvalue weighted by atomic mass is 14.4. The zero-order valence-electron chi connectivity index (χ0n) is 12.7. The van der Waals surface area contributed by atoms with Crippen LogP contribution in [0.15, 0.2) is 48.5 Å². The molecule has 2 aromatic carbocycles. The van der Waals surface area contributed by atoms with Crippen LogP contribution in [0.25, 0.3) is 11.1 Å². The van der Waals surface area contributed by atoms with Crippen molar-refractivity contribution in [3.05, 3.63) is 59.7 Å². The molecular weight excluding hydrogens is 228 g/mol. The van der Waals surface area contributed by atoms with E-state index >= 15 is 0 Å². The van der Waals surface area contributed by atoms with E-state index < -0.39 is 0 Å². The quantitative estimate of drug-likeness (QED) is 0.614. The first-order valence-electron chi connectivity index (χ1n) is 7.35. The average Bonchev–Trinajstić information content (AvgIpc) is 2.74. The third-order valence-electron chi connectivity index (χ3n) is 4.42. The molecule has 0 heteroatoms. The lowest BCUT2D eigenvalue weighted by Crippen LogP contribution is -2.27. The first kappa shape index (κ1) is 13.9. The van der Waals surface area contributed by atoms with Crippen LogP contribution in [0.2, 0.25) is 0 Å². The number of rotatable bonds is 1. The van der Waals surface area contributed by atoms with Gasteiger partial charge in [-0.15, -0.1) is 0 Å². The van der Waals surface area contributed by atoms with Crippen molar-refractivity contribution in [2.75, 3.05) is 0 Å². The lowest BCUT2D eigenvalue weighted by molar-refractivity contribution is 0.414. The highest BCUT2D eigenvalue weighted by molar-refractivity contribution is 5.80. The fourth-order valence-corrected chi connectivity index (χ4v) is 3.11. The Kier molecular flexibility index (Phi) is 3.80. The molecule has 3 rings (SSSR count). The Morgan fingerprint density at radius 2 is 1.11 bits per heavy atom.